The predicted octanol–water partition coefficient (Wildman–Crippen LogP) is 7.24. The third kappa shape index (κ3) is 19.8. The number of hydrogen-bond donors (Lipinski definition) is 4. The number of nitrogens with one attached hydrogen (secondary N) is 4. The van der Waals surface area contributed by atoms with Crippen LogP contribution in [0.3, 0.4) is 0 Å². The molecule has 2 aliphatic heterocycles. The van der Waals surface area contributed by atoms with Crippen LogP contribution in [0.5, 0.6) is 5.75 Å². The summed E-state index contributed by atoms with van der Waals surface area (Å²) in [5.41, 5.74) is 5.62. The van der Waals surface area contributed by atoms with Gasteiger partial charge in [-0.25, -0.2) is 19.4 Å². The normalized spacial score (nSPS) is 14.0. The van der Waals surface area contributed by atoms with Crippen molar-refractivity contribution in [3.8, 4) is 5.75 Å². The van der Waals surface area contributed by atoms with Crippen molar-refractivity contribution in [3.05, 3.63) is 143 Å². The summed E-state index contributed by atoms with van der Waals surface area (Å²) in [5, 5.41) is 12.2. The minimum Gasteiger partial charge on any atom is -0.447 e. The van der Waals surface area contributed by atoms with E-state index in [1.165, 1.54) is 35.9 Å². The van der Waals surface area contributed by atoms with E-state index in [2.05, 4.69) is 26.3 Å². The number of nitrogens with zero attached hydrogens (tertiary/aromatic N) is 6. The van der Waals surface area contributed by atoms with Gasteiger partial charge in [0.1, 0.15) is 42.4 Å². The number of pyridine rings is 1. The molecule has 96 heavy (non-hydrogen) atoms. The summed E-state index contributed by atoms with van der Waals surface area (Å²) >= 11 is 6.68. The molecule has 0 fully saturated rings. The Morgan fingerprint density at radius 1 is 0.698 bits per heavy atom. The van der Waals surface area contributed by atoms with Crippen molar-refractivity contribution in [2.75, 3.05) is 134 Å². The van der Waals surface area contributed by atoms with Gasteiger partial charge in [-0.1, -0.05) is 61.9 Å². The van der Waals surface area contributed by atoms with E-state index in [4.69, 9.17) is 49.5 Å². The number of hydrogen-bond acceptors (Lipinski definition) is 18. The molecule has 4 aromatic carbocycles. The monoisotopic (exact) mass is 1340 g/mol. The first kappa shape index (κ1) is 72.3. The van der Waals surface area contributed by atoms with Crippen LogP contribution in [0.4, 0.5) is 31.4 Å². The van der Waals surface area contributed by atoms with Gasteiger partial charge in [0.2, 0.25) is 11.8 Å². The van der Waals surface area contributed by atoms with Gasteiger partial charge in [0, 0.05) is 99.4 Å². The largest absolute Gasteiger partial charge is 0.447 e. The summed E-state index contributed by atoms with van der Waals surface area (Å²) in [4.78, 5) is 129. The Hall–Kier alpha value is -9.51. The molecule has 0 aliphatic carbocycles. The predicted molar refractivity (Wildman–Crippen MR) is 355 cm³/mol. The van der Waals surface area contributed by atoms with Gasteiger partial charge < -0.3 is 78.3 Å². The van der Waals surface area contributed by atoms with E-state index in [-0.39, 0.29) is 107 Å². The molecule has 0 saturated carbocycles. The summed E-state index contributed by atoms with van der Waals surface area (Å²) in [6.45, 7) is 11.0. The number of carbonyl (C=O) groups is 9. The van der Waals surface area contributed by atoms with Gasteiger partial charge in [0.15, 0.2) is 0 Å². The smallest absolute Gasteiger partial charge is 0.415 e. The molecule has 28 heteroatoms. The number of amides is 9. The van der Waals surface area contributed by atoms with Crippen LogP contribution in [0.15, 0.2) is 109 Å². The molecule has 0 bridgehead atoms. The Kier molecular flexibility index (Phi) is 26.6. The summed E-state index contributed by atoms with van der Waals surface area (Å²) in [6, 6.07) is 22.2. The number of rotatable bonds is 34. The van der Waals surface area contributed by atoms with Gasteiger partial charge in [0.05, 0.1) is 77.4 Å². The lowest BCUT2D eigenvalue weighted by atomic mass is 9.92. The van der Waals surface area contributed by atoms with Crippen molar-refractivity contribution < 1.29 is 81.0 Å². The zero-order valence-corrected chi connectivity index (χ0v) is 55.5. The van der Waals surface area contributed by atoms with Crippen LogP contribution in [0.1, 0.15) is 69.8 Å². The fourth-order valence-electron chi connectivity index (χ4n) is 10.3. The average Bonchev–Trinajstić information content (AvgIpc) is 1.53. The Bertz CT molecular complexity index is 3750. The van der Waals surface area contributed by atoms with E-state index >= 15 is 0 Å². The number of aryl methyl sites for hydroxylation is 2. The van der Waals surface area contributed by atoms with E-state index < -0.39 is 59.9 Å². The number of methoxy groups -OCH3 is 1. The van der Waals surface area contributed by atoms with E-state index in [9.17, 15) is 43.2 Å². The zero-order chi connectivity index (χ0) is 68.8. The van der Waals surface area contributed by atoms with Crippen LogP contribution >= 0.6 is 11.6 Å². The number of alkyl carbamates (subject to hydrolysis) is 1. The first-order valence-corrected chi connectivity index (χ1v) is 31.9. The molecular formula is C68H81ClN10O17. The number of aromatic nitrogens is 2. The molecule has 512 valence electrons. The molecule has 0 saturated heterocycles. The van der Waals surface area contributed by atoms with E-state index in [1.54, 1.807) is 97.2 Å². The highest BCUT2D eigenvalue weighted by Gasteiger charge is 2.37. The standard InChI is InChI=1S/C68H81ClN10O17/c1-43(2)61(74-66(86)94-36-35-93-34-33-92-32-31-91-30-29-89-7)64(84)70-46(5)62(82)71-50-17-13-47(14-18-50)42-95-67(87)75(6)23-24-76(25-27-90-28-26-78-57(80)21-22-58(78)81)68(88)96-55-37-54-60(59-45(4)9-8-10-52(55)59)49(38-69)39-79(54)65(85)53-41-77-40-51(19-20-56(77)73-53)72-63(83)48-15-11-44(3)12-16-48/h8-22,37,40-41,43,46,49,61H,23-36,38-39,42H2,1-7H3,(H,70,84)(H,71,82)(H,72,83)(H,74,86)/t46-,49+,61-/m0/s1. The minimum atomic E-state index is -1.02. The summed E-state index contributed by atoms with van der Waals surface area (Å²) < 4.78 is 45.7. The Morgan fingerprint density at radius 2 is 1.36 bits per heavy atom. The van der Waals surface area contributed by atoms with Crippen LogP contribution in [0.2, 0.25) is 0 Å². The number of halogens is 1. The van der Waals surface area contributed by atoms with Crippen molar-refractivity contribution in [1.82, 2.24) is 34.7 Å². The van der Waals surface area contributed by atoms with Crippen LogP contribution < -0.4 is 30.9 Å². The van der Waals surface area contributed by atoms with Crippen molar-refractivity contribution in [1.29, 1.82) is 0 Å². The Labute approximate surface area is 560 Å². The number of imide groups is 1. The molecule has 2 aromatic heterocycles. The minimum absolute atomic E-state index is 0.0218. The summed E-state index contributed by atoms with van der Waals surface area (Å²) in [6.07, 6.45) is 3.22. The maximum absolute atomic E-state index is 14.7. The Morgan fingerprint density at radius 3 is 2.04 bits per heavy atom. The van der Waals surface area contributed by atoms with Gasteiger partial charge in [0.25, 0.3) is 23.6 Å². The summed E-state index contributed by atoms with van der Waals surface area (Å²) in [7, 11) is 3.09. The van der Waals surface area contributed by atoms with Gasteiger partial charge in [-0.05, 0) is 85.2 Å². The highest BCUT2D eigenvalue weighted by atomic mass is 35.5. The number of alkyl halides is 1. The molecule has 0 spiro atoms. The van der Waals surface area contributed by atoms with Crippen molar-refractivity contribution in [2.24, 2.45) is 5.92 Å². The van der Waals surface area contributed by atoms with Crippen molar-refractivity contribution in [2.45, 2.75) is 59.2 Å². The molecule has 3 atom stereocenters. The summed E-state index contributed by atoms with van der Waals surface area (Å²) in [5.74, 6) is -3.19. The molecule has 9 amide bonds. The molecular weight excluding hydrogens is 1260 g/mol. The SMILES string of the molecule is COCCOCCOCCOCCOC(=O)N[C@H](C(=O)N[C@@H](C)C(=O)Nc1ccc(COC(=O)N(C)CCN(CCOCCN2C(=O)C=CC2=O)C(=O)Oc2cc3c(c4c(C)cccc24)[C@H](CCl)CN3C(=O)c2cn3cc(NC(=O)c4ccc(C)cc4)ccc3n2)cc1)C(C)C. The molecule has 0 unspecified atom stereocenters. The highest BCUT2D eigenvalue weighted by molar-refractivity contribution is 6.19. The second kappa shape index (κ2) is 35.3. The lowest BCUT2D eigenvalue weighted by Gasteiger charge is -2.26. The average molecular weight is 1350 g/mol. The van der Waals surface area contributed by atoms with E-state index in [0.717, 1.165) is 27.0 Å². The molecule has 4 heterocycles. The van der Waals surface area contributed by atoms with Crippen LogP contribution in [0.25, 0.3) is 16.4 Å². The van der Waals surface area contributed by atoms with E-state index in [0.29, 0.717) is 72.3 Å². The fraction of sp³-hybridized carbons (Fsp3) is 0.412. The van der Waals surface area contributed by atoms with Crippen molar-refractivity contribution in [3.63, 3.8) is 0 Å². The van der Waals surface area contributed by atoms with Gasteiger partial charge in [-0.2, -0.15) is 0 Å². The Balaban J connectivity index is 0.859. The van der Waals surface area contributed by atoms with Crippen LogP contribution in [-0.4, -0.2) is 209 Å². The third-order valence-corrected chi connectivity index (χ3v) is 16.0. The van der Waals surface area contributed by atoms with Gasteiger partial charge in [-0.3, -0.25) is 33.7 Å². The first-order valence-electron chi connectivity index (χ1n) is 31.4. The van der Waals surface area contributed by atoms with Crippen LogP contribution in [-0.2, 0) is 58.9 Å². The molecule has 8 rings (SSSR count). The van der Waals surface area contributed by atoms with Gasteiger partial charge in [-0.15, -0.1) is 11.6 Å². The topological polar surface area (TPSA) is 306 Å². The molecule has 4 N–H and O–H groups in total. The van der Waals surface area contributed by atoms with Crippen LogP contribution in [0, 0.1) is 19.8 Å². The first-order chi connectivity index (χ1) is 46.2. The third-order valence-electron chi connectivity index (χ3n) is 15.7. The molecule has 6 aromatic rings. The number of carbonyl (C=O) groups excluding carboxylic acids is 9. The number of imidazole rings is 1. The number of anilines is 3. The second-order valence-corrected chi connectivity index (χ2v) is 23.4. The zero-order valence-electron chi connectivity index (χ0n) is 54.7. The number of benzene rings is 4. The molecule has 0 radical (unpaired) electrons. The highest BCUT2D eigenvalue weighted by Crippen LogP contribution is 2.47. The quantitative estimate of drug-likeness (QED) is 0.0176. The van der Waals surface area contributed by atoms with Gasteiger partial charge >= 0.3 is 18.3 Å². The lowest BCUT2D eigenvalue weighted by molar-refractivity contribution is -0.137. The maximum Gasteiger partial charge on any atom is 0.415 e. The molecule has 2 aliphatic rings. The maximum atomic E-state index is 14.7. The number of fused-ring (bicyclic) bond motifs is 4. The fourth-order valence-corrected chi connectivity index (χ4v) is 10.6. The van der Waals surface area contributed by atoms with E-state index in [1.807, 2.05) is 44.2 Å². The second-order valence-electron chi connectivity index (χ2n) is 23.1. The van der Waals surface area contributed by atoms with Crippen molar-refractivity contribution >= 4 is 98.8 Å². The number of ether oxygens (including phenoxy) is 8. The number of likely N-dealkylation sites (N-methyl/N-ethyl adjacent to an activating group) is 1. The molecule has 27 nitrogen and oxygen atoms in total. The lowest BCUT2D eigenvalue weighted by Crippen LogP contribution is -2.53.